The summed E-state index contributed by atoms with van der Waals surface area (Å²) in [4.78, 5) is 8.38. The molecule has 1 aromatic rings. The predicted octanol–water partition coefficient (Wildman–Crippen LogP) is 0.541. The first-order valence-corrected chi connectivity index (χ1v) is 9.08. The van der Waals surface area contributed by atoms with Crippen molar-refractivity contribution in [2.24, 2.45) is 0 Å². The Kier molecular flexibility index (Phi) is 4.72. The van der Waals surface area contributed by atoms with Crippen molar-refractivity contribution in [3.8, 4) is 0 Å². The van der Waals surface area contributed by atoms with Gasteiger partial charge in [-0.1, -0.05) is 0 Å². The average molecular weight is 326 g/mol. The minimum atomic E-state index is -3.40. The smallest absolute Gasteiger partial charge is 0.282 e. The van der Waals surface area contributed by atoms with E-state index in [-0.39, 0.29) is 5.92 Å². The van der Waals surface area contributed by atoms with Crippen LogP contribution < -0.4 is 0 Å². The third-order valence-corrected chi connectivity index (χ3v) is 6.33. The van der Waals surface area contributed by atoms with Gasteiger partial charge in [0.25, 0.3) is 10.2 Å². The number of rotatable bonds is 3. The molecule has 0 saturated carbocycles. The van der Waals surface area contributed by atoms with Crippen molar-refractivity contribution in [1.82, 2.24) is 18.6 Å². The van der Waals surface area contributed by atoms with Crippen LogP contribution in [0.1, 0.15) is 30.0 Å². The first kappa shape index (κ1) is 15.8. The van der Waals surface area contributed by atoms with Crippen molar-refractivity contribution >= 4 is 10.2 Å². The number of morpholine rings is 1. The van der Waals surface area contributed by atoms with Gasteiger partial charge in [-0.25, -0.2) is 9.97 Å². The summed E-state index contributed by atoms with van der Waals surface area (Å²) in [5.41, 5.74) is 2.00. The molecule has 2 aliphatic heterocycles. The summed E-state index contributed by atoms with van der Waals surface area (Å²) in [7, 11) is -3.40. The topological polar surface area (TPSA) is 75.6 Å². The Bertz CT molecular complexity index is 616. The third-order valence-electron chi connectivity index (χ3n) is 4.33. The molecule has 122 valence electrons. The number of ether oxygens (including phenoxy) is 1. The lowest BCUT2D eigenvalue weighted by molar-refractivity contribution is 0.0695. The first-order chi connectivity index (χ1) is 10.6. The number of aromatic nitrogens is 2. The molecule has 0 spiro atoms. The maximum absolute atomic E-state index is 12.8. The fourth-order valence-electron chi connectivity index (χ4n) is 3.15. The first-order valence-electron chi connectivity index (χ1n) is 7.68. The average Bonchev–Trinajstić information content (AvgIpc) is 2.56. The Labute approximate surface area is 131 Å². The molecule has 2 fully saturated rings. The molecule has 3 heterocycles. The molecule has 8 heteroatoms. The highest BCUT2D eigenvalue weighted by Gasteiger charge is 2.35. The standard InChI is InChI=1S/C14H22N4O3S/c1-12-9-15-11-16-14(12)13-3-2-4-18(10-13)22(19,20)17-5-7-21-8-6-17/h9,11,13H,2-8,10H2,1H3. The molecule has 3 rings (SSSR count). The van der Waals surface area contributed by atoms with Gasteiger partial charge in [0.15, 0.2) is 0 Å². The van der Waals surface area contributed by atoms with Crippen LogP contribution in [-0.2, 0) is 14.9 Å². The van der Waals surface area contributed by atoms with Gasteiger partial charge in [0.05, 0.1) is 18.9 Å². The lowest BCUT2D eigenvalue weighted by atomic mass is 9.94. The van der Waals surface area contributed by atoms with E-state index in [1.54, 1.807) is 10.5 Å². The van der Waals surface area contributed by atoms with Crippen LogP contribution in [0, 0.1) is 6.92 Å². The zero-order chi connectivity index (χ0) is 15.6. The minimum Gasteiger partial charge on any atom is -0.379 e. The highest BCUT2D eigenvalue weighted by molar-refractivity contribution is 7.86. The normalized spacial score (nSPS) is 25.2. The molecule has 2 aliphatic rings. The summed E-state index contributed by atoms with van der Waals surface area (Å²) in [5.74, 6) is 0.146. The van der Waals surface area contributed by atoms with Gasteiger partial charge < -0.3 is 4.74 Å². The predicted molar refractivity (Wildman–Crippen MR) is 81.6 cm³/mol. The molecular weight excluding hydrogens is 304 g/mol. The lowest BCUT2D eigenvalue weighted by Gasteiger charge is -2.36. The summed E-state index contributed by atoms with van der Waals surface area (Å²) in [5, 5.41) is 0. The zero-order valence-corrected chi connectivity index (χ0v) is 13.6. The van der Waals surface area contributed by atoms with E-state index in [2.05, 4.69) is 9.97 Å². The minimum absolute atomic E-state index is 0.146. The fourth-order valence-corrected chi connectivity index (χ4v) is 4.82. The van der Waals surface area contributed by atoms with Gasteiger partial charge >= 0.3 is 0 Å². The highest BCUT2D eigenvalue weighted by atomic mass is 32.2. The van der Waals surface area contributed by atoms with E-state index in [0.29, 0.717) is 39.4 Å². The van der Waals surface area contributed by atoms with Crippen molar-refractivity contribution in [3.05, 3.63) is 23.8 Å². The summed E-state index contributed by atoms with van der Waals surface area (Å²) in [6.07, 6.45) is 5.15. The van der Waals surface area contributed by atoms with Gasteiger partial charge in [-0.05, 0) is 25.3 Å². The molecule has 1 aromatic heterocycles. The van der Waals surface area contributed by atoms with E-state index in [4.69, 9.17) is 4.74 Å². The van der Waals surface area contributed by atoms with E-state index < -0.39 is 10.2 Å². The van der Waals surface area contributed by atoms with Crippen molar-refractivity contribution in [3.63, 3.8) is 0 Å². The Balaban J connectivity index is 1.76. The van der Waals surface area contributed by atoms with Crippen LogP contribution in [0.2, 0.25) is 0 Å². The summed E-state index contributed by atoms with van der Waals surface area (Å²) < 4.78 is 33.9. The lowest BCUT2D eigenvalue weighted by Crippen LogP contribution is -2.51. The van der Waals surface area contributed by atoms with Crippen molar-refractivity contribution in [1.29, 1.82) is 0 Å². The molecule has 0 aliphatic carbocycles. The summed E-state index contributed by atoms with van der Waals surface area (Å²) >= 11 is 0. The highest BCUT2D eigenvalue weighted by Crippen LogP contribution is 2.29. The molecule has 0 bridgehead atoms. The molecule has 1 unspecified atom stereocenters. The van der Waals surface area contributed by atoms with Gasteiger partial charge in [0, 0.05) is 38.3 Å². The maximum Gasteiger partial charge on any atom is 0.282 e. The van der Waals surface area contributed by atoms with Crippen LogP contribution in [0.4, 0.5) is 0 Å². The van der Waals surface area contributed by atoms with Gasteiger partial charge in [-0.2, -0.15) is 17.0 Å². The van der Waals surface area contributed by atoms with Gasteiger partial charge in [-0.15, -0.1) is 0 Å². The van der Waals surface area contributed by atoms with E-state index in [1.807, 2.05) is 6.92 Å². The van der Waals surface area contributed by atoms with Crippen LogP contribution in [-0.4, -0.2) is 66.4 Å². The number of hydrogen-bond acceptors (Lipinski definition) is 5. The second kappa shape index (κ2) is 6.57. The Morgan fingerprint density at radius 1 is 1.23 bits per heavy atom. The zero-order valence-electron chi connectivity index (χ0n) is 12.8. The van der Waals surface area contributed by atoms with Gasteiger partial charge in [0.2, 0.25) is 0 Å². The summed E-state index contributed by atoms with van der Waals surface area (Å²) in [6, 6.07) is 0. The number of hydrogen-bond donors (Lipinski definition) is 0. The van der Waals surface area contributed by atoms with Crippen molar-refractivity contribution < 1.29 is 13.2 Å². The largest absolute Gasteiger partial charge is 0.379 e. The van der Waals surface area contributed by atoms with Crippen LogP contribution in [0.3, 0.4) is 0 Å². The van der Waals surface area contributed by atoms with Crippen LogP contribution in [0.5, 0.6) is 0 Å². The van der Waals surface area contributed by atoms with Crippen LogP contribution in [0.15, 0.2) is 12.5 Å². The molecule has 2 saturated heterocycles. The summed E-state index contributed by atoms with van der Waals surface area (Å²) in [6.45, 7) is 4.89. The number of nitrogens with zero attached hydrogens (tertiary/aromatic N) is 4. The maximum atomic E-state index is 12.8. The van der Waals surface area contributed by atoms with E-state index >= 15 is 0 Å². The molecule has 22 heavy (non-hydrogen) atoms. The molecule has 0 aromatic carbocycles. The fraction of sp³-hybridized carbons (Fsp3) is 0.714. The molecule has 0 amide bonds. The Morgan fingerprint density at radius 3 is 2.73 bits per heavy atom. The monoisotopic (exact) mass is 326 g/mol. The van der Waals surface area contributed by atoms with Gasteiger partial charge in [-0.3, -0.25) is 0 Å². The Hall–Kier alpha value is -1.09. The van der Waals surface area contributed by atoms with E-state index in [0.717, 1.165) is 24.1 Å². The van der Waals surface area contributed by atoms with Crippen molar-refractivity contribution in [2.45, 2.75) is 25.7 Å². The molecular formula is C14H22N4O3S. The molecule has 7 nitrogen and oxygen atoms in total. The van der Waals surface area contributed by atoms with E-state index in [9.17, 15) is 8.42 Å². The third kappa shape index (κ3) is 3.15. The Morgan fingerprint density at radius 2 is 2.00 bits per heavy atom. The number of piperidine rings is 1. The second-order valence-electron chi connectivity index (χ2n) is 5.81. The van der Waals surface area contributed by atoms with Crippen LogP contribution >= 0.6 is 0 Å². The second-order valence-corrected chi connectivity index (χ2v) is 7.74. The quantitative estimate of drug-likeness (QED) is 0.810. The van der Waals surface area contributed by atoms with Gasteiger partial charge in [0.1, 0.15) is 6.33 Å². The van der Waals surface area contributed by atoms with Crippen molar-refractivity contribution in [2.75, 3.05) is 39.4 Å². The number of aryl methyl sites for hydroxylation is 1. The molecule has 0 N–H and O–H groups in total. The van der Waals surface area contributed by atoms with Crippen LogP contribution in [0.25, 0.3) is 0 Å². The molecule has 1 atom stereocenters. The SMILES string of the molecule is Cc1cncnc1C1CCCN(S(=O)(=O)N2CCOCC2)C1. The molecule has 0 radical (unpaired) electrons. The van der Waals surface area contributed by atoms with E-state index in [1.165, 1.54) is 10.6 Å².